The molecule has 90 valence electrons. The van der Waals surface area contributed by atoms with Gasteiger partial charge in [0.2, 0.25) is 0 Å². The second-order valence-corrected chi connectivity index (χ2v) is 5.86. The van der Waals surface area contributed by atoms with Crippen LogP contribution in [0.4, 0.5) is 0 Å². The molecule has 1 aromatic rings. The van der Waals surface area contributed by atoms with Crippen molar-refractivity contribution in [1.82, 2.24) is 15.5 Å². The van der Waals surface area contributed by atoms with Crippen molar-refractivity contribution in [3.05, 3.63) is 18.0 Å². The number of nitrogens with zero attached hydrogens (tertiary/aromatic N) is 1. The molecule has 2 N–H and O–H groups in total. The molecule has 2 rings (SSSR count). The highest BCUT2D eigenvalue weighted by atomic mass is 32.2. The Morgan fingerprint density at radius 1 is 1.50 bits per heavy atom. The molecule has 0 saturated heterocycles. The van der Waals surface area contributed by atoms with E-state index < -0.39 is 0 Å². The molecule has 0 aliphatic heterocycles. The molecule has 3 nitrogen and oxygen atoms in total. The first-order chi connectivity index (χ1) is 7.90. The maximum Gasteiger partial charge on any atom is 0.0490 e. The van der Waals surface area contributed by atoms with Crippen molar-refractivity contribution >= 4 is 11.8 Å². The molecule has 0 unspecified atom stereocenters. The first kappa shape index (κ1) is 12.0. The van der Waals surface area contributed by atoms with Crippen molar-refractivity contribution in [2.75, 3.05) is 5.75 Å². The lowest BCUT2D eigenvalue weighted by molar-refractivity contribution is 0.381. The standard InChI is InChI=1S/C12H21N3S/c1-2-16-12-6-4-3-5-11(12)13-9-10-7-8-14-15-10/h7-8,11-13H,2-6,9H2,1H3,(H,14,15)/t11-,12-/m1/s1. The van der Waals surface area contributed by atoms with Gasteiger partial charge in [-0.2, -0.15) is 16.9 Å². The highest BCUT2D eigenvalue weighted by Gasteiger charge is 2.24. The van der Waals surface area contributed by atoms with E-state index in [4.69, 9.17) is 0 Å². The van der Waals surface area contributed by atoms with E-state index in [9.17, 15) is 0 Å². The van der Waals surface area contributed by atoms with E-state index in [2.05, 4.69) is 34.2 Å². The second kappa shape index (κ2) is 6.30. The number of rotatable bonds is 5. The first-order valence-corrected chi connectivity index (χ1v) is 7.28. The third-order valence-electron chi connectivity index (χ3n) is 3.20. The average molecular weight is 239 g/mol. The topological polar surface area (TPSA) is 40.7 Å². The zero-order chi connectivity index (χ0) is 11.2. The number of aromatic amines is 1. The predicted molar refractivity (Wildman–Crippen MR) is 69.6 cm³/mol. The highest BCUT2D eigenvalue weighted by molar-refractivity contribution is 7.99. The fourth-order valence-electron chi connectivity index (χ4n) is 2.37. The molecule has 1 aliphatic carbocycles. The van der Waals surface area contributed by atoms with Gasteiger partial charge in [-0.3, -0.25) is 5.10 Å². The van der Waals surface area contributed by atoms with Crippen molar-refractivity contribution < 1.29 is 0 Å². The Morgan fingerprint density at radius 2 is 2.38 bits per heavy atom. The molecule has 2 atom stereocenters. The molecule has 1 fully saturated rings. The van der Waals surface area contributed by atoms with Crippen LogP contribution >= 0.6 is 11.8 Å². The summed E-state index contributed by atoms with van der Waals surface area (Å²) in [4.78, 5) is 0. The number of nitrogens with one attached hydrogen (secondary N) is 2. The fourth-order valence-corrected chi connectivity index (χ4v) is 3.59. The molecule has 0 amide bonds. The zero-order valence-corrected chi connectivity index (χ0v) is 10.7. The zero-order valence-electron chi connectivity index (χ0n) is 9.91. The summed E-state index contributed by atoms with van der Waals surface area (Å²) in [6, 6.07) is 2.72. The number of thioether (sulfide) groups is 1. The highest BCUT2D eigenvalue weighted by Crippen LogP contribution is 2.28. The summed E-state index contributed by atoms with van der Waals surface area (Å²) in [6.07, 6.45) is 7.29. The normalized spacial score (nSPS) is 25.8. The van der Waals surface area contributed by atoms with Crippen molar-refractivity contribution in [2.45, 2.75) is 50.4 Å². The summed E-state index contributed by atoms with van der Waals surface area (Å²) in [6.45, 7) is 3.18. The van der Waals surface area contributed by atoms with Crippen LogP contribution in [-0.2, 0) is 6.54 Å². The van der Waals surface area contributed by atoms with E-state index in [-0.39, 0.29) is 0 Å². The maximum absolute atomic E-state index is 3.97. The van der Waals surface area contributed by atoms with Crippen LogP contribution in [0.1, 0.15) is 38.3 Å². The second-order valence-electron chi connectivity index (χ2n) is 4.35. The molecule has 0 aromatic carbocycles. The van der Waals surface area contributed by atoms with Crippen LogP contribution in [0, 0.1) is 0 Å². The molecule has 0 spiro atoms. The van der Waals surface area contributed by atoms with Gasteiger partial charge in [-0.15, -0.1) is 0 Å². The summed E-state index contributed by atoms with van der Waals surface area (Å²) >= 11 is 2.11. The van der Waals surface area contributed by atoms with Gasteiger partial charge in [0.15, 0.2) is 0 Å². The smallest absolute Gasteiger partial charge is 0.0490 e. The molecule has 1 aliphatic rings. The minimum atomic E-state index is 0.682. The van der Waals surface area contributed by atoms with E-state index in [1.54, 1.807) is 0 Å². The van der Waals surface area contributed by atoms with Gasteiger partial charge in [0, 0.05) is 29.7 Å². The van der Waals surface area contributed by atoms with Crippen molar-refractivity contribution in [3.63, 3.8) is 0 Å². The Bertz CT molecular complexity index is 284. The van der Waals surface area contributed by atoms with Crippen LogP contribution in [0.25, 0.3) is 0 Å². The summed E-state index contributed by atoms with van der Waals surface area (Å²) in [7, 11) is 0. The Hall–Kier alpha value is -0.480. The Kier molecular flexibility index (Phi) is 4.72. The summed E-state index contributed by atoms with van der Waals surface area (Å²) in [5, 5.41) is 11.4. The van der Waals surface area contributed by atoms with Gasteiger partial charge in [0.05, 0.1) is 0 Å². The van der Waals surface area contributed by atoms with Crippen LogP contribution in [-0.4, -0.2) is 27.2 Å². The fraction of sp³-hybridized carbons (Fsp3) is 0.750. The predicted octanol–water partition coefficient (Wildman–Crippen LogP) is 2.56. The lowest BCUT2D eigenvalue weighted by Crippen LogP contribution is -2.40. The number of H-pyrrole nitrogens is 1. The van der Waals surface area contributed by atoms with Gasteiger partial charge >= 0.3 is 0 Å². The van der Waals surface area contributed by atoms with E-state index >= 15 is 0 Å². The van der Waals surface area contributed by atoms with Crippen molar-refractivity contribution in [1.29, 1.82) is 0 Å². The summed E-state index contributed by atoms with van der Waals surface area (Å²) in [5.74, 6) is 1.23. The van der Waals surface area contributed by atoms with Crippen LogP contribution in [0.2, 0.25) is 0 Å². The van der Waals surface area contributed by atoms with Crippen LogP contribution in [0.15, 0.2) is 12.3 Å². The van der Waals surface area contributed by atoms with E-state index in [1.165, 1.54) is 37.1 Å². The first-order valence-electron chi connectivity index (χ1n) is 6.23. The molecular weight excluding hydrogens is 218 g/mol. The third-order valence-corrected chi connectivity index (χ3v) is 4.52. The Labute approximate surface area is 102 Å². The SMILES string of the molecule is CCS[C@@H]1CCCC[C@H]1NCc1ccn[nH]1. The van der Waals surface area contributed by atoms with E-state index in [1.807, 2.05) is 12.3 Å². The minimum absolute atomic E-state index is 0.682. The number of aromatic nitrogens is 2. The largest absolute Gasteiger partial charge is 0.307 e. The molecule has 1 saturated carbocycles. The maximum atomic E-state index is 3.97. The van der Waals surface area contributed by atoms with Crippen LogP contribution in [0.5, 0.6) is 0 Å². The molecule has 0 bridgehead atoms. The molecular formula is C12H21N3S. The van der Waals surface area contributed by atoms with Crippen LogP contribution < -0.4 is 5.32 Å². The molecule has 1 heterocycles. The molecule has 1 aromatic heterocycles. The lowest BCUT2D eigenvalue weighted by Gasteiger charge is -2.31. The third kappa shape index (κ3) is 3.25. The van der Waals surface area contributed by atoms with Crippen LogP contribution in [0.3, 0.4) is 0 Å². The molecule has 16 heavy (non-hydrogen) atoms. The Balaban J connectivity index is 1.81. The lowest BCUT2D eigenvalue weighted by atomic mass is 9.95. The summed E-state index contributed by atoms with van der Waals surface area (Å²) in [5.41, 5.74) is 1.19. The molecule has 0 radical (unpaired) electrons. The van der Waals surface area contributed by atoms with Gasteiger partial charge in [-0.05, 0) is 24.7 Å². The van der Waals surface area contributed by atoms with E-state index in [0.29, 0.717) is 6.04 Å². The van der Waals surface area contributed by atoms with E-state index in [0.717, 1.165) is 11.8 Å². The van der Waals surface area contributed by atoms with Crippen molar-refractivity contribution in [3.8, 4) is 0 Å². The number of hydrogen-bond donors (Lipinski definition) is 2. The average Bonchev–Trinajstić information content (AvgIpc) is 2.81. The quantitative estimate of drug-likeness (QED) is 0.829. The van der Waals surface area contributed by atoms with Gasteiger partial charge in [-0.25, -0.2) is 0 Å². The number of hydrogen-bond acceptors (Lipinski definition) is 3. The van der Waals surface area contributed by atoms with Gasteiger partial charge in [-0.1, -0.05) is 19.8 Å². The summed E-state index contributed by atoms with van der Waals surface area (Å²) < 4.78 is 0. The van der Waals surface area contributed by atoms with Gasteiger partial charge in [0.25, 0.3) is 0 Å². The van der Waals surface area contributed by atoms with Gasteiger partial charge in [0.1, 0.15) is 0 Å². The monoisotopic (exact) mass is 239 g/mol. The van der Waals surface area contributed by atoms with Gasteiger partial charge < -0.3 is 5.32 Å². The minimum Gasteiger partial charge on any atom is -0.307 e. The molecule has 4 heteroatoms. The Morgan fingerprint density at radius 3 is 3.12 bits per heavy atom. The van der Waals surface area contributed by atoms with Crippen molar-refractivity contribution in [2.24, 2.45) is 0 Å².